The van der Waals surface area contributed by atoms with Crippen molar-refractivity contribution in [1.82, 2.24) is 10.7 Å². The first kappa shape index (κ1) is 22.6. The van der Waals surface area contributed by atoms with Crippen molar-refractivity contribution in [2.75, 3.05) is 19.0 Å². The van der Waals surface area contributed by atoms with Crippen LogP contribution in [-0.2, 0) is 4.79 Å². The highest BCUT2D eigenvalue weighted by atomic mass is 35.5. The Morgan fingerprint density at radius 1 is 1.00 bits per heavy atom. The van der Waals surface area contributed by atoms with Crippen LogP contribution in [0, 0.1) is 6.92 Å². The molecule has 1 heterocycles. The average molecular weight is 462 g/mol. The predicted octanol–water partition coefficient (Wildman–Crippen LogP) is 3.73. The molecule has 6 nitrogen and oxygen atoms in total. The first-order valence-corrected chi connectivity index (χ1v) is 11.0. The van der Waals surface area contributed by atoms with E-state index in [-0.39, 0.29) is 11.8 Å². The van der Waals surface area contributed by atoms with E-state index in [0.717, 1.165) is 22.4 Å². The molecule has 1 aliphatic heterocycles. The van der Waals surface area contributed by atoms with Gasteiger partial charge >= 0.3 is 5.91 Å². The fourth-order valence-electron chi connectivity index (χ4n) is 3.79. The molecule has 2 N–H and O–H groups in total. The first-order chi connectivity index (χ1) is 15.8. The summed E-state index contributed by atoms with van der Waals surface area (Å²) in [7, 11) is 3.97. The van der Waals surface area contributed by atoms with E-state index < -0.39 is 12.1 Å². The molecule has 2 amide bonds. The van der Waals surface area contributed by atoms with E-state index in [1.54, 1.807) is 28.9 Å². The van der Waals surface area contributed by atoms with E-state index in [4.69, 9.17) is 11.6 Å². The number of halogens is 1. The van der Waals surface area contributed by atoms with Crippen molar-refractivity contribution in [2.24, 2.45) is 0 Å². The summed E-state index contributed by atoms with van der Waals surface area (Å²) < 4.78 is 1.75. The summed E-state index contributed by atoms with van der Waals surface area (Å²) in [5.41, 5.74) is 7.32. The zero-order valence-electron chi connectivity index (χ0n) is 18.7. The largest absolute Gasteiger partial charge is 0.378 e. The molecular formula is C26H26ClN4O2+. The fourth-order valence-corrected chi connectivity index (χ4v) is 3.92. The van der Waals surface area contributed by atoms with E-state index in [0.29, 0.717) is 10.6 Å². The molecule has 4 rings (SSSR count). The summed E-state index contributed by atoms with van der Waals surface area (Å²) >= 11 is 6.09. The van der Waals surface area contributed by atoms with Gasteiger partial charge in [0, 0.05) is 41.5 Å². The summed E-state index contributed by atoms with van der Waals surface area (Å²) in [5.74, 6) is -0.581. The van der Waals surface area contributed by atoms with Crippen molar-refractivity contribution < 1.29 is 14.3 Å². The van der Waals surface area contributed by atoms with Crippen molar-refractivity contribution in [1.29, 1.82) is 0 Å². The molecule has 1 aliphatic rings. The van der Waals surface area contributed by atoms with Crippen LogP contribution in [0.4, 0.5) is 5.69 Å². The van der Waals surface area contributed by atoms with Gasteiger partial charge in [0.1, 0.15) is 0 Å². The molecule has 0 unspecified atom stereocenters. The maximum absolute atomic E-state index is 13.0. The van der Waals surface area contributed by atoms with E-state index in [1.807, 2.05) is 80.7 Å². The van der Waals surface area contributed by atoms with Crippen molar-refractivity contribution in [2.45, 2.75) is 19.0 Å². The summed E-state index contributed by atoms with van der Waals surface area (Å²) in [4.78, 5) is 27.9. The Morgan fingerprint density at radius 2 is 1.64 bits per heavy atom. The number of benzene rings is 3. The van der Waals surface area contributed by atoms with Gasteiger partial charge in [-0.2, -0.15) is 0 Å². The Bertz CT molecular complexity index is 1190. The number of hydrogen-bond donors (Lipinski definition) is 2. The van der Waals surface area contributed by atoms with Crippen LogP contribution in [0.3, 0.4) is 0 Å². The third-order valence-electron chi connectivity index (χ3n) is 5.65. The van der Waals surface area contributed by atoms with E-state index >= 15 is 0 Å². The van der Waals surface area contributed by atoms with Crippen LogP contribution in [0.1, 0.15) is 33.1 Å². The zero-order valence-corrected chi connectivity index (χ0v) is 19.5. The molecule has 0 aromatic heterocycles. The van der Waals surface area contributed by atoms with Gasteiger partial charge in [0.25, 0.3) is 5.91 Å². The van der Waals surface area contributed by atoms with Gasteiger partial charge in [0.05, 0.1) is 0 Å². The predicted molar refractivity (Wildman–Crippen MR) is 131 cm³/mol. The number of rotatable bonds is 5. The minimum atomic E-state index is -0.780. The highest BCUT2D eigenvalue weighted by Crippen LogP contribution is 2.27. The Balaban J connectivity index is 1.68. The molecule has 0 saturated carbocycles. The molecule has 33 heavy (non-hydrogen) atoms. The van der Waals surface area contributed by atoms with Crippen LogP contribution in [-0.4, -0.2) is 42.9 Å². The number of hydrogen-bond acceptors (Lipinski definition) is 3. The maximum Gasteiger partial charge on any atom is 0.304 e. The van der Waals surface area contributed by atoms with Gasteiger partial charge in [-0.3, -0.25) is 9.59 Å². The van der Waals surface area contributed by atoms with E-state index in [2.05, 4.69) is 10.7 Å². The van der Waals surface area contributed by atoms with Crippen LogP contribution in [0.5, 0.6) is 0 Å². The fraction of sp³-hybridized carbons (Fsp3) is 0.192. The number of hydrazine groups is 1. The second-order valence-electron chi connectivity index (χ2n) is 8.31. The van der Waals surface area contributed by atoms with Crippen LogP contribution in [0.2, 0.25) is 5.02 Å². The lowest BCUT2D eigenvalue weighted by molar-refractivity contribution is -0.596. The van der Waals surface area contributed by atoms with Gasteiger partial charge in [-0.05, 0) is 55.5 Å². The normalized spacial score (nSPS) is 18.8. The average Bonchev–Trinajstić information content (AvgIpc) is 3.09. The Labute approximate surface area is 198 Å². The van der Waals surface area contributed by atoms with Crippen molar-refractivity contribution in [3.63, 3.8) is 0 Å². The third kappa shape index (κ3) is 5.07. The van der Waals surface area contributed by atoms with Crippen LogP contribution in [0.25, 0.3) is 0 Å². The van der Waals surface area contributed by atoms with Crippen LogP contribution in [0.15, 0.2) is 72.8 Å². The molecule has 168 valence electrons. The van der Waals surface area contributed by atoms with Crippen molar-refractivity contribution in [3.8, 4) is 0 Å². The van der Waals surface area contributed by atoms with Crippen LogP contribution >= 0.6 is 11.6 Å². The topological polar surface area (TPSA) is 64.5 Å². The number of carbonyl (C=O) groups is 2. The number of carbonyl (C=O) groups excluding carboxylic acids is 2. The van der Waals surface area contributed by atoms with E-state index in [9.17, 15) is 9.59 Å². The molecule has 0 spiro atoms. The molecule has 7 heteroatoms. The van der Waals surface area contributed by atoms with Crippen molar-refractivity contribution in [3.05, 3.63) is 100 Å². The Hall–Kier alpha value is -3.64. The molecule has 0 radical (unpaired) electrons. The van der Waals surface area contributed by atoms with E-state index in [1.165, 1.54) is 0 Å². The Morgan fingerprint density at radius 3 is 2.24 bits per heavy atom. The second-order valence-corrected chi connectivity index (χ2v) is 8.75. The standard InChI is InChI=1S/C26H25ClN4O2/c1-17-4-8-20(9-5-17)25(32)28-23-24(19-10-12-21(27)13-11-19)31(29-26(23)33)16-18-6-14-22(15-7-18)30(2)3/h4-16,23-24H,1-3H3,(H-,28,29,32,33)/p+1/t23-,24+/m1/s1. The van der Waals surface area contributed by atoms with Gasteiger partial charge in [-0.1, -0.05) is 41.4 Å². The SMILES string of the molecule is Cc1ccc(C(=O)N[C@H]2C(=O)N/[N+](=C\c3ccc(N(C)C)cc3)[C@H]2c2ccc(Cl)cc2)cc1. The molecule has 1 saturated heterocycles. The van der Waals surface area contributed by atoms with Gasteiger partial charge in [0.15, 0.2) is 6.04 Å². The molecule has 3 aromatic carbocycles. The Kier molecular flexibility index (Phi) is 6.47. The monoisotopic (exact) mass is 461 g/mol. The maximum atomic E-state index is 13.0. The smallest absolute Gasteiger partial charge is 0.304 e. The van der Waals surface area contributed by atoms with Crippen molar-refractivity contribution >= 4 is 35.3 Å². The third-order valence-corrected chi connectivity index (χ3v) is 5.90. The van der Waals surface area contributed by atoms with Gasteiger partial charge < -0.3 is 10.2 Å². The van der Waals surface area contributed by atoms with Gasteiger partial charge in [-0.25, -0.2) is 0 Å². The molecule has 1 fully saturated rings. The quantitative estimate of drug-likeness (QED) is 0.569. The number of anilines is 1. The number of nitrogens with one attached hydrogen (secondary N) is 2. The molecule has 0 bridgehead atoms. The highest BCUT2D eigenvalue weighted by molar-refractivity contribution is 6.30. The molecular weight excluding hydrogens is 436 g/mol. The lowest BCUT2D eigenvalue weighted by Crippen LogP contribution is -2.42. The number of hydrazone groups is 1. The summed E-state index contributed by atoms with van der Waals surface area (Å²) in [5, 5.41) is 3.52. The summed E-state index contributed by atoms with van der Waals surface area (Å²) in [6.07, 6.45) is 1.87. The molecule has 0 aliphatic carbocycles. The lowest BCUT2D eigenvalue weighted by Gasteiger charge is -2.15. The number of amides is 2. The minimum Gasteiger partial charge on any atom is -0.378 e. The second kappa shape index (κ2) is 9.46. The van der Waals surface area contributed by atoms with Gasteiger partial charge in [-0.15, -0.1) is 10.1 Å². The highest BCUT2D eigenvalue weighted by Gasteiger charge is 2.47. The summed E-state index contributed by atoms with van der Waals surface area (Å²) in [6.45, 7) is 1.96. The van der Waals surface area contributed by atoms with Crippen LogP contribution < -0.4 is 15.6 Å². The molecule has 2 atom stereocenters. The minimum absolute atomic E-state index is 0.281. The molecule has 3 aromatic rings. The zero-order chi connectivity index (χ0) is 23.5. The number of nitrogens with zero attached hydrogens (tertiary/aromatic N) is 2. The summed E-state index contributed by atoms with van der Waals surface area (Å²) in [6, 6.07) is 21.3. The first-order valence-electron chi connectivity index (χ1n) is 10.7. The van der Waals surface area contributed by atoms with Gasteiger partial charge in [0.2, 0.25) is 12.3 Å². The lowest BCUT2D eigenvalue weighted by atomic mass is 9.99. The number of aryl methyl sites for hydroxylation is 1.